The first-order chi connectivity index (χ1) is 20.5. The Bertz CT molecular complexity index is 1030. The van der Waals surface area contributed by atoms with Gasteiger partial charge in [-0.05, 0) is 25.7 Å². The fourth-order valence-electron chi connectivity index (χ4n) is 3.48. The number of aliphatic hydroxyl groups is 2. The molecule has 0 radical (unpaired) electrons. The fourth-order valence-corrected chi connectivity index (χ4v) is 3.90. The number of carboxylic acids is 1. The number of carbonyl (C=O) groups is 6. The number of thiol groups is 2. The molecule has 0 heterocycles. The van der Waals surface area contributed by atoms with Crippen molar-refractivity contribution in [3.8, 4) is 0 Å². The number of nitrogens with two attached hydrogens (primary N) is 3. The van der Waals surface area contributed by atoms with Gasteiger partial charge >= 0.3 is 5.97 Å². The average molecular weight is 668 g/mol. The number of aliphatic carboxylic acids is 1. The number of aliphatic imine (C=N–C) groups is 1. The molecule has 0 fully saturated rings. The monoisotopic (exact) mass is 667 g/mol. The van der Waals surface area contributed by atoms with Crippen LogP contribution in [0.25, 0.3) is 0 Å². The van der Waals surface area contributed by atoms with Gasteiger partial charge in [0.2, 0.25) is 29.5 Å². The van der Waals surface area contributed by atoms with Gasteiger partial charge in [-0.2, -0.15) is 25.3 Å². The first kappa shape index (κ1) is 40.7. The molecule has 0 aromatic rings. The van der Waals surface area contributed by atoms with Gasteiger partial charge in [0.05, 0.1) is 18.8 Å². The summed E-state index contributed by atoms with van der Waals surface area (Å²) in [4.78, 5) is 79.0. The predicted octanol–water partition coefficient (Wildman–Crippen LogP) is -5.24. The highest BCUT2D eigenvalue weighted by molar-refractivity contribution is 7.80. The molecule has 14 N–H and O–H groups in total. The first-order valence-corrected chi connectivity index (χ1v) is 14.8. The van der Waals surface area contributed by atoms with E-state index in [1.165, 1.54) is 6.92 Å². The lowest BCUT2D eigenvalue weighted by atomic mass is 10.0. The number of hydrogen-bond donors (Lipinski definition) is 13. The Morgan fingerprint density at radius 2 is 1.25 bits per heavy atom. The Hall–Kier alpha value is -3.33. The molecule has 0 spiro atoms. The smallest absolute Gasteiger partial charge is 0.326 e. The van der Waals surface area contributed by atoms with Crippen LogP contribution >= 0.6 is 25.3 Å². The van der Waals surface area contributed by atoms with Crippen LogP contribution in [-0.2, 0) is 28.8 Å². The standard InChI is InChI=1S/C24H45N9O9S2/c1-10(2)16(32-19(37)14(7-34)30-18(36)12(25)8-43)21(39)33-17(11(3)35)22(40)31-15(9-44)20(38)29-13(23(41)42)5-4-6-28-24(26)27/h10-17,34-35,43-44H,4-9,25H2,1-3H3,(H,29,38)(H,30,36)(H,31,40)(H,32,37)(H,33,39)(H,41,42)(H4,26,27,28). The SMILES string of the molecule is CC(C)C(NC(=O)C(CO)NC(=O)C(N)CS)C(=O)NC(C(=O)NC(CS)C(=O)NC(CCCN=C(N)N)C(=O)O)C(C)O. The number of nitrogens with zero attached hydrogens (tertiary/aromatic N) is 1. The molecule has 0 aromatic carbocycles. The van der Waals surface area contributed by atoms with Crippen LogP contribution in [0.1, 0.15) is 33.6 Å². The second-order valence-electron chi connectivity index (χ2n) is 10.1. The summed E-state index contributed by atoms with van der Waals surface area (Å²) in [6.07, 6.45) is -1.28. The van der Waals surface area contributed by atoms with E-state index in [1.807, 2.05) is 0 Å². The zero-order valence-electron chi connectivity index (χ0n) is 24.7. The maximum Gasteiger partial charge on any atom is 0.326 e. The lowest BCUT2D eigenvalue weighted by Gasteiger charge is -2.29. The number of hydrogen-bond acceptors (Lipinski definition) is 12. The third-order valence-corrected chi connectivity index (χ3v) is 6.79. The Labute approximate surface area is 265 Å². The van der Waals surface area contributed by atoms with Crippen LogP contribution in [0.2, 0.25) is 0 Å². The van der Waals surface area contributed by atoms with Crippen LogP contribution in [0, 0.1) is 5.92 Å². The normalized spacial score (nSPS) is 15.8. The third-order valence-electron chi connectivity index (χ3n) is 6.03. The quantitative estimate of drug-likeness (QED) is 0.0251. The highest BCUT2D eigenvalue weighted by Gasteiger charge is 2.35. The van der Waals surface area contributed by atoms with Crippen molar-refractivity contribution in [1.29, 1.82) is 0 Å². The number of guanidine groups is 1. The van der Waals surface area contributed by atoms with Gasteiger partial charge in [0.25, 0.3) is 0 Å². The summed E-state index contributed by atoms with van der Waals surface area (Å²) >= 11 is 7.94. The maximum atomic E-state index is 13.1. The lowest BCUT2D eigenvalue weighted by Crippen LogP contribution is -2.62. The molecule has 0 bridgehead atoms. The maximum absolute atomic E-state index is 13.1. The molecule has 20 heteroatoms. The minimum absolute atomic E-state index is 0.0252. The summed E-state index contributed by atoms with van der Waals surface area (Å²) in [7, 11) is 0. The van der Waals surface area contributed by atoms with Gasteiger partial charge in [-0.3, -0.25) is 29.0 Å². The largest absolute Gasteiger partial charge is 0.480 e. The van der Waals surface area contributed by atoms with Gasteiger partial charge in [0, 0.05) is 18.1 Å². The molecule has 18 nitrogen and oxygen atoms in total. The fraction of sp³-hybridized carbons (Fsp3) is 0.708. The van der Waals surface area contributed by atoms with E-state index in [4.69, 9.17) is 17.2 Å². The minimum atomic E-state index is -1.62. The number of carbonyl (C=O) groups excluding carboxylic acids is 5. The van der Waals surface area contributed by atoms with Crippen molar-refractivity contribution in [3.63, 3.8) is 0 Å². The van der Waals surface area contributed by atoms with E-state index < -0.39 is 90.4 Å². The number of nitrogens with one attached hydrogen (secondary N) is 5. The van der Waals surface area contributed by atoms with Gasteiger partial charge in [0.15, 0.2) is 5.96 Å². The van der Waals surface area contributed by atoms with Gasteiger partial charge in [-0.1, -0.05) is 13.8 Å². The third kappa shape index (κ3) is 14.4. The molecular weight excluding hydrogens is 622 g/mol. The van der Waals surface area contributed by atoms with Gasteiger partial charge in [-0.15, -0.1) is 0 Å². The van der Waals surface area contributed by atoms with Crippen molar-refractivity contribution >= 4 is 66.7 Å². The molecule has 5 amide bonds. The molecular formula is C24H45N9O9S2. The summed E-state index contributed by atoms with van der Waals surface area (Å²) in [5, 5.41) is 40.9. The Morgan fingerprint density at radius 1 is 0.750 bits per heavy atom. The lowest BCUT2D eigenvalue weighted by molar-refractivity contribution is -0.142. The zero-order chi connectivity index (χ0) is 34.1. The van der Waals surface area contributed by atoms with Crippen LogP contribution < -0.4 is 43.8 Å². The van der Waals surface area contributed by atoms with Crippen LogP contribution in [-0.4, -0.2) is 124 Å². The topological polar surface area (TPSA) is 314 Å². The van der Waals surface area contributed by atoms with Crippen LogP contribution in [0.5, 0.6) is 0 Å². The molecule has 44 heavy (non-hydrogen) atoms. The van der Waals surface area contributed by atoms with Crippen molar-refractivity contribution < 1.29 is 44.1 Å². The summed E-state index contributed by atoms with van der Waals surface area (Å²) < 4.78 is 0. The summed E-state index contributed by atoms with van der Waals surface area (Å²) in [5.74, 6) is -6.84. The molecule has 0 rings (SSSR count). The number of rotatable bonds is 20. The van der Waals surface area contributed by atoms with Crippen molar-refractivity contribution in [1.82, 2.24) is 26.6 Å². The molecule has 252 valence electrons. The summed E-state index contributed by atoms with van der Waals surface area (Å²) in [6, 6.07) is -8.10. The molecule has 0 saturated heterocycles. The van der Waals surface area contributed by atoms with Crippen molar-refractivity contribution in [3.05, 3.63) is 0 Å². The van der Waals surface area contributed by atoms with Crippen LogP contribution in [0.15, 0.2) is 4.99 Å². The highest BCUT2D eigenvalue weighted by Crippen LogP contribution is 2.06. The van der Waals surface area contributed by atoms with E-state index in [1.54, 1.807) is 13.8 Å². The Balaban J connectivity index is 5.56. The summed E-state index contributed by atoms with van der Waals surface area (Å²) in [6.45, 7) is 3.66. The number of carboxylic acid groups (broad SMARTS) is 1. The molecule has 0 aliphatic rings. The molecule has 0 aromatic heterocycles. The Morgan fingerprint density at radius 3 is 1.70 bits per heavy atom. The molecule has 0 aliphatic carbocycles. The minimum Gasteiger partial charge on any atom is -0.480 e. The van der Waals surface area contributed by atoms with E-state index >= 15 is 0 Å². The first-order valence-electron chi connectivity index (χ1n) is 13.6. The average Bonchev–Trinajstić information content (AvgIpc) is 2.95. The van der Waals surface area contributed by atoms with E-state index in [9.17, 15) is 44.1 Å². The molecule has 0 aliphatic heterocycles. The molecule has 7 atom stereocenters. The van der Waals surface area contributed by atoms with E-state index in [0.717, 1.165) is 0 Å². The van der Waals surface area contributed by atoms with Crippen molar-refractivity contribution in [2.75, 3.05) is 24.7 Å². The van der Waals surface area contributed by atoms with E-state index in [0.29, 0.717) is 0 Å². The molecule has 0 saturated carbocycles. The van der Waals surface area contributed by atoms with Crippen LogP contribution in [0.4, 0.5) is 0 Å². The number of amides is 5. The van der Waals surface area contributed by atoms with E-state index in [-0.39, 0.29) is 36.9 Å². The highest BCUT2D eigenvalue weighted by atomic mass is 32.1. The number of aliphatic hydroxyl groups excluding tert-OH is 2. The van der Waals surface area contributed by atoms with Crippen molar-refractivity contribution in [2.45, 2.75) is 76.0 Å². The van der Waals surface area contributed by atoms with Gasteiger partial charge < -0.3 is 59.1 Å². The van der Waals surface area contributed by atoms with Gasteiger partial charge in [-0.25, -0.2) is 4.79 Å². The van der Waals surface area contributed by atoms with E-state index in [2.05, 4.69) is 56.8 Å². The van der Waals surface area contributed by atoms with Crippen molar-refractivity contribution in [2.24, 2.45) is 28.1 Å². The summed E-state index contributed by atoms with van der Waals surface area (Å²) in [5.41, 5.74) is 16.0. The second-order valence-corrected chi connectivity index (χ2v) is 10.8. The zero-order valence-corrected chi connectivity index (χ0v) is 26.5. The van der Waals surface area contributed by atoms with Gasteiger partial charge in [0.1, 0.15) is 30.2 Å². The Kier molecular flexibility index (Phi) is 19.0. The second kappa shape index (κ2) is 20.6. The van der Waals surface area contributed by atoms with Crippen LogP contribution in [0.3, 0.4) is 0 Å². The predicted molar refractivity (Wildman–Crippen MR) is 166 cm³/mol. The molecule has 7 unspecified atom stereocenters.